The molecule has 130 valence electrons. The van der Waals surface area contributed by atoms with Crippen LogP contribution in [0.4, 0.5) is 5.82 Å². The van der Waals surface area contributed by atoms with E-state index in [-0.39, 0.29) is 0 Å². The SMILES string of the molecule is Cc1cc(CN2CCN(c3cc(-n4cccn4)ncn3)CC2)nn1C. The summed E-state index contributed by atoms with van der Waals surface area (Å²) in [4.78, 5) is 13.5. The van der Waals surface area contributed by atoms with E-state index in [0.29, 0.717) is 0 Å². The maximum Gasteiger partial charge on any atom is 0.158 e. The summed E-state index contributed by atoms with van der Waals surface area (Å²) in [5.41, 5.74) is 2.33. The first-order valence-electron chi connectivity index (χ1n) is 8.48. The summed E-state index contributed by atoms with van der Waals surface area (Å²) in [6, 6.07) is 6.04. The van der Waals surface area contributed by atoms with Crippen LogP contribution in [0.1, 0.15) is 11.4 Å². The van der Waals surface area contributed by atoms with Gasteiger partial charge in [-0.2, -0.15) is 10.2 Å². The minimum atomic E-state index is 0.793. The quantitative estimate of drug-likeness (QED) is 0.708. The van der Waals surface area contributed by atoms with E-state index >= 15 is 0 Å². The highest BCUT2D eigenvalue weighted by molar-refractivity contribution is 5.43. The average molecular weight is 338 g/mol. The van der Waals surface area contributed by atoms with Crippen LogP contribution in [0.5, 0.6) is 0 Å². The van der Waals surface area contributed by atoms with Gasteiger partial charge in [0, 0.05) is 63.9 Å². The van der Waals surface area contributed by atoms with Gasteiger partial charge in [-0.1, -0.05) is 0 Å². The summed E-state index contributed by atoms with van der Waals surface area (Å²) in [6.45, 7) is 6.87. The fraction of sp³-hybridized carbons (Fsp3) is 0.412. The van der Waals surface area contributed by atoms with Crippen molar-refractivity contribution in [2.45, 2.75) is 13.5 Å². The number of rotatable bonds is 4. The molecule has 0 spiro atoms. The summed E-state index contributed by atoms with van der Waals surface area (Å²) in [7, 11) is 1.99. The number of hydrogen-bond donors (Lipinski definition) is 0. The zero-order valence-electron chi connectivity index (χ0n) is 14.6. The van der Waals surface area contributed by atoms with Crippen LogP contribution in [-0.4, -0.2) is 60.6 Å². The molecule has 1 aliphatic rings. The summed E-state index contributed by atoms with van der Waals surface area (Å²) in [6.07, 6.45) is 5.24. The topological polar surface area (TPSA) is 67.9 Å². The first kappa shape index (κ1) is 15.8. The van der Waals surface area contributed by atoms with Crippen molar-refractivity contribution >= 4 is 5.82 Å². The third kappa shape index (κ3) is 3.39. The standard InChI is InChI=1S/C17H22N8/c1-14-10-15(21-22(14)2)12-23-6-8-24(9-7-23)16-11-17(19-13-18-16)25-5-3-4-20-25/h3-5,10-11,13H,6-9,12H2,1-2H3. The largest absolute Gasteiger partial charge is 0.354 e. The zero-order valence-corrected chi connectivity index (χ0v) is 14.6. The van der Waals surface area contributed by atoms with Crippen molar-refractivity contribution in [1.82, 2.24) is 34.4 Å². The number of nitrogens with zero attached hydrogens (tertiary/aromatic N) is 8. The van der Waals surface area contributed by atoms with Gasteiger partial charge < -0.3 is 4.90 Å². The molecular weight excluding hydrogens is 316 g/mol. The van der Waals surface area contributed by atoms with Gasteiger partial charge in [-0.25, -0.2) is 14.6 Å². The Hall–Kier alpha value is -2.74. The number of anilines is 1. The minimum absolute atomic E-state index is 0.793. The molecule has 0 amide bonds. The maximum atomic E-state index is 4.55. The molecule has 0 radical (unpaired) electrons. The van der Waals surface area contributed by atoms with Crippen molar-refractivity contribution < 1.29 is 0 Å². The minimum Gasteiger partial charge on any atom is -0.354 e. The van der Waals surface area contributed by atoms with E-state index in [9.17, 15) is 0 Å². The smallest absolute Gasteiger partial charge is 0.158 e. The van der Waals surface area contributed by atoms with Crippen molar-refractivity contribution in [3.8, 4) is 5.82 Å². The molecule has 0 saturated carbocycles. The molecule has 8 heteroatoms. The first-order valence-corrected chi connectivity index (χ1v) is 8.48. The van der Waals surface area contributed by atoms with Crippen molar-refractivity contribution in [3.05, 3.63) is 48.3 Å². The summed E-state index contributed by atoms with van der Waals surface area (Å²) >= 11 is 0. The number of piperazine rings is 1. The van der Waals surface area contributed by atoms with Crippen LogP contribution in [0, 0.1) is 6.92 Å². The molecule has 3 aromatic heterocycles. The Kier molecular flexibility index (Phi) is 4.19. The zero-order chi connectivity index (χ0) is 17.2. The Morgan fingerprint density at radius 3 is 2.52 bits per heavy atom. The molecule has 25 heavy (non-hydrogen) atoms. The molecule has 3 aromatic rings. The van der Waals surface area contributed by atoms with Crippen LogP contribution < -0.4 is 4.90 Å². The molecule has 0 bridgehead atoms. The molecular formula is C17H22N8. The fourth-order valence-electron chi connectivity index (χ4n) is 3.12. The van der Waals surface area contributed by atoms with Gasteiger partial charge in [0.05, 0.1) is 5.69 Å². The van der Waals surface area contributed by atoms with Gasteiger partial charge >= 0.3 is 0 Å². The normalized spacial score (nSPS) is 15.7. The Balaban J connectivity index is 1.39. The van der Waals surface area contributed by atoms with Crippen molar-refractivity contribution in [1.29, 1.82) is 0 Å². The second kappa shape index (κ2) is 6.64. The van der Waals surface area contributed by atoms with E-state index in [1.54, 1.807) is 17.2 Å². The second-order valence-electron chi connectivity index (χ2n) is 6.35. The molecule has 0 atom stereocenters. The van der Waals surface area contributed by atoms with Gasteiger partial charge in [0.25, 0.3) is 0 Å². The predicted molar refractivity (Wildman–Crippen MR) is 94.6 cm³/mol. The molecule has 1 fully saturated rings. The average Bonchev–Trinajstić information content (AvgIpc) is 3.26. The van der Waals surface area contributed by atoms with Gasteiger partial charge in [0.2, 0.25) is 0 Å². The molecule has 0 unspecified atom stereocenters. The number of aryl methyl sites for hydroxylation is 2. The van der Waals surface area contributed by atoms with E-state index in [0.717, 1.165) is 50.1 Å². The Morgan fingerprint density at radius 1 is 1.04 bits per heavy atom. The van der Waals surface area contributed by atoms with Crippen molar-refractivity contribution in [2.75, 3.05) is 31.1 Å². The van der Waals surface area contributed by atoms with Gasteiger partial charge in [-0.05, 0) is 19.1 Å². The highest BCUT2D eigenvalue weighted by Crippen LogP contribution is 2.16. The molecule has 4 rings (SSSR count). The lowest BCUT2D eigenvalue weighted by Crippen LogP contribution is -2.46. The highest BCUT2D eigenvalue weighted by atomic mass is 15.3. The van der Waals surface area contributed by atoms with Crippen LogP contribution in [0.15, 0.2) is 36.9 Å². The molecule has 1 saturated heterocycles. The first-order chi connectivity index (χ1) is 12.2. The number of hydrogen-bond acceptors (Lipinski definition) is 6. The van der Waals surface area contributed by atoms with E-state index < -0.39 is 0 Å². The van der Waals surface area contributed by atoms with E-state index in [4.69, 9.17) is 0 Å². The van der Waals surface area contributed by atoms with Crippen molar-refractivity contribution in [3.63, 3.8) is 0 Å². The molecule has 0 aromatic carbocycles. The lowest BCUT2D eigenvalue weighted by molar-refractivity contribution is 0.246. The van der Waals surface area contributed by atoms with Crippen LogP contribution in [0.3, 0.4) is 0 Å². The summed E-state index contributed by atoms with van der Waals surface area (Å²) in [5.74, 6) is 1.75. The predicted octanol–water partition coefficient (Wildman–Crippen LogP) is 1.03. The Bertz CT molecular complexity index is 811. The Labute approximate surface area is 146 Å². The van der Waals surface area contributed by atoms with Gasteiger partial charge in [-0.15, -0.1) is 0 Å². The lowest BCUT2D eigenvalue weighted by Gasteiger charge is -2.35. The van der Waals surface area contributed by atoms with Gasteiger partial charge in [0.1, 0.15) is 12.1 Å². The molecule has 8 nitrogen and oxygen atoms in total. The summed E-state index contributed by atoms with van der Waals surface area (Å²) < 4.78 is 3.69. The molecule has 0 aliphatic carbocycles. The third-order valence-corrected chi connectivity index (χ3v) is 4.62. The van der Waals surface area contributed by atoms with E-state index in [1.165, 1.54) is 5.69 Å². The van der Waals surface area contributed by atoms with Gasteiger partial charge in [-0.3, -0.25) is 9.58 Å². The monoisotopic (exact) mass is 338 g/mol. The second-order valence-corrected chi connectivity index (χ2v) is 6.35. The molecule has 0 N–H and O–H groups in total. The number of aromatic nitrogens is 6. The van der Waals surface area contributed by atoms with E-state index in [1.807, 2.05) is 30.1 Å². The van der Waals surface area contributed by atoms with Crippen LogP contribution in [-0.2, 0) is 13.6 Å². The van der Waals surface area contributed by atoms with Crippen LogP contribution >= 0.6 is 0 Å². The molecule has 4 heterocycles. The van der Waals surface area contributed by atoms with Gasteiger partial charge in [0.15, 0.2) is 5.82 Å². The maximum absolute atomic E-state index is 4.55. The fourth-order valence-corrected chi connectivity index (χ4v) is 3.12. The summed E-state index contributed by atoms with van der Waals surface area (Å²) in [5, 5.41) is 8.78. The van der Waals surface area contributed by atoms with Crippen LogP contribution in [0.2, 0.25) is 0 Å². The Morgan fingerprint density at radius 2 is 1.84 bits per heavy atom. The lowest BCUT2D eigenvalue weighted by atomic mass is 10.2. The third-order valence-electron chi connectivity index (χ3n) is 4.62. The van der Waals surface area contributed by atoms with E-state index in [2.05, 4.69) is 43.0 Å². The highest BCUT2D eigenvalue weighted by Gasteiger charge is 2.19. The van der Waals surface area contributed by atoms with Crippen molar-refractivity contribution in [2.24, 2.45) is 7.05 Å². The van der Waals surface area contributed by atoms with Crippen LogP contribution in [0.25, 0.3) is 5.82 Å². The molecule has 1 aliphatic heterocycles.